The largest absolute Gasteiger partial charge is 0.456 e. The molecule has 0 aliphatic carbocycles. The van der Waals surface area contributed by atoms with Crippen LogP contribution in [0, 0.1) is 0 Å². The Hall–Kier alpha value is -7.20. The average molecular weight is 746 g/mol. The van der Waals surface area contributed by atoms with Gasteiger partial charge in [0, 0.05) is 53.9 Å². The predicted octanol–water partition coefficient (Wildman–Crippen LogP) is 16.1. The first-order valence-corrected chi connectivity index (χ1v) is 20.1. The van der Waals surface area contributed by atoms with Crippen LogP contribution in [0.2, 0.25) is 0 Å². The van der Waals surface area contributed by atoms with Gasteiger partial charge < -0.3 is 9.32 Å². The Bertz CT molecular complexity index is 3250. The minimum Gasteiger partial charge on any atom is -0.456 e. The molecule has 2 nitrogen and oxygen atoms in total. The van der Waals surface area contributed by atoms with Gasteiger partial charge in [-0.2, -0.15) is 0 Å². The van der Waals surface area contributed by atoms with Gasteiger partial charge in [-0.3, -0.25) is 0 Å². The van der Waals surface area contributed by atoms with Crippen molar-refractivity contribution in [1.29, 1.82) is 0 Å². The van der Waals surface area contributed by atoms with Crippen LogP contribution in [0.5, 0.6) is 0 Å². The van der Waals surface area contributed by atoms with E-state index in [1.54, 1.807) is 0 Å². The number of anilines is 3. The molecule has 0 spiro atoms. The Balaban J connectivity index is 1.07. The molecule has 0 saturated carbocycles. The molecular weight excluding hydrogens is 711 g/mol. The number of hydrogen-bond acceptors (Lipinski definition) is 3. The van der Waals surface area contributed by atoms with Gasteiger partial charge in [0.05, 0.1) is 5.69 Å². The summed E-state index contributed by atoms with van der Waals surface area (Å²) in [6, 6.07) is 76.4. The van der Waals surface area contributed by atoms with E-state index in [2.05, 4.69) is 205 Å². The van der Waals surface area contributed by atoms with E-state index in [0.717, 1.165) is 44.6 Å². The molecule has 0 aliphatic heterocycles. The summed E-state index contributed by atoms with van der Waals surface area (Å²) in [6.07, 6.45) is 0. The van der Waals surface area contributed by atoms with Crippen LogP contribution < -0.4 is 4.90 Å². The van der Waals surface area contributed by atoms with Crippen LogP contribution >= 0.6 is 11.3 Å². The highest BCUT2D eigenvalue weighted by atomic mass is 32.1. The van der Waals surface area contributed by atoms with Crippen molar-refractivity contribution in [3.63, 3.8) is 0 Å². The lowest BCUT2D eigenvalue weighted by Crippen LogP contribution is -2.11. The van der Waals surface area contributed by atoms with Gasteiger partial charge in [0.25, 0.3) is 0 Å². The van der Waals surface area contributed by atoms with E-state index in [-0.39, 0.29) is 0 Å². The minimum atomic E-state index is 0.863. The lowest BCUT2D eigenvalue weighted by molar-refractivity contribution is 0.669. The summed E-state index contributed by atoms with van der Waals surface area (Å²) in [7, 11) is 0. The lowest BCUT2D eigenvalue weighted by atomic mass is 9.88. The van der Waals surface area contributed by atoms with Gasteiger partial charge in [0.1, 0.15) is 11.2 Å². The maximum atomic E-state index is 6.47. The van der Waals surface area contributed by atoms with Gasteiger partial charge in [0.2, 0.25) is 0 Å². The standard InChI is InChI=1S/C54H35NOS/c1-2-14-37(15-3-1)41-16-4-5-17-42(41)43-18-6-7-19-44(43)45-20-8-11-23-50(45)55(40-31-33-47-46-21-9-12-24-51(46)56-52(47)35-40)39-29-26-36(27-30-39)38-28-32-49-48-22-10-13-25-53(48)57-54(49)34-38/h1-35H. The molecule has 268 valence electrons. The smallest absolute Gasteiger partial charge is 0.137 e. The monoisotopic (exact) mass is 745 g/mol. The topological polar surface area (TPSA) is 16.4 Å². The molecule has 11 rings (SSSR count). The minimum absolute atomic E-state index is 0.863. The van der Waals surface area contributed by atoms with Crippen LogP contribution in [0.15, 0.2) is 217 Å². The molecule has 0 fully saturated rings. The second-order valence-electron chi connectivity index (χ2n) is 14.4. The number of fused-ring (bicyclic) bond motifs is 6. The molecule has 3 heteroatoms. The summed E-state index contributed by atoms with van der Waals surface area (Å²) >= 11 is 1.86. The van der Waals surface area contributed by atoms with Crippen LogP contribution in [0.4, 0.5) is 17.1 Å². The maximum absolute atomic E-state index is 6.47. The lowest BCUT2D eigenvalue weighted by Gasteiger charge is -2.28. The van der Waals surface area contributed by atoms with Gasteiger partial charge in [-0.1, -0.05) is 158 Å². The Kier molecular flexibility index (Phi) is 8.04. The first kappa shape index (κ1) is 33.2. The molecule has 11 aromatic rings. The third-order valence-corrected chi connectivity index (χ3v) is 12.3. The van der Waals surface area contributed by atoms with E-state index in [1.807, 2.05) is 23.5 Å². The van der Waals surface area contributed by atoms with Crippen molar-refractivity contribution in [3.05, 3.63) is 212 Å². The molecule has 0 bridgehead atoms. The molecule has 0 unspecified atom stereocenters. The van der Waals surface area contributed by atoms with Crippen LogP contribution in [0.25, 0.3) is 86.6 Å². The summed E-state index contributed by atoms with van der Waals surface area (Å²) < 4.78 is 9.10. The molecule has 0 aliphatic rings. The molecule has 0 atom stereocenters. The summed E-state index contributed by atoms with van der Waals surface area (Å²) in [5.41, 5.74) is 14.4. The van der Waals surface area contributed by atoms with Crippen LogP contribution in [-0.4, -0.2) is 0 Å². The number of benzene rings is 9. The summed E-state index contributed by atoms with van der Waals surface area (Å²) in [5.74, 6) is 0. The SMILES string of the molecule is c1ccc(-c2ccccc2-c2ccccc2-c2ccccc2N(c2ccc(-c3ccc4c(c3)sc3ccccc34)cc2)c2ccc3c(c2)oc2ccccc23)cc1. The van der Waals surface area contributed by atoms with Gasteiger partial charge in [-0.25, -0.2) is 0 Å². The molecular formula is C54H35NOS. The maximum Gasteiger partial charge on any atom is 0.137 e. The van der Waals surface area contributed by atoms with E-state index in [9.17, 15) is 0 Å². The molecule has 0 amide bonds. The zero-order valence-corrected chi connectivity index (χ0v) is 31.8. The molecule has 0 N–H and O–H groups in total. The van der Waals surface area contributed by atoms with Gasteiger partial charge in [-0.15, -0.1) is 11.3 Å². The van der Waals surface area contributed by atoms with Crippen LogP contribution in [0.3, 0.4) is 0 Å². The number of para-hydroxylation sites is 2. The number of rotatable bonds is 7. The highest BCUT2D eigenvalue weighted by molar-refractivity contribution is 7.25. The van der Waals surface area contributed by atoms with Crippen LogP contribution in [0.1, 0.15) is 0 Å². The predicted molar refractivity (Wildman–Crippen MR) is 243 cm³/mol. The fourth-order valence-electron chi connectivity index (χ4n) is 8.43. The number of furan rings is 1. The van der Waals surface area contributed by atoms with Crippen molar-refractivity contribution < 1.29 is 4.42 Å². The highest BCUT2D eigenvalue weighted by Gasteiger charge is 2.21. The molecule has 0 radical (unpaired) electrons. The molecule has 9 aromatic carbocycles. The Labute approximate surface area is 335 Å². The molecule has 0 saturated heterocycles. The molecule has 2 aromatic heterocycles. The summed E-state index contributed by atoms with van der Waals surface area (Å²) in [5, 5.41) is 4.86. The normalized spacial score (nSPS) is 11.5. The van der Waals surface area contributed by atoms with E-state index in [4.69, 9.17) is 4.42 Å². The van der Waals surface area contributed by atoms with E-state index in [1.165, 1.54) is 59.1 Å². The van der Waals surface area contributed by atoms with Crippen molar-refractivity contribution in [3.8, 4) is 44.5 Å². The van der Waals surface area contributed by atoms with Crippen molar-refractivity contribution in [2.24, 2.45) is 0 Å². The van der Waals surface area contributed by atoms with Crippen LogP contribution in [-0.2, 0) is 0 Å². The summed E-state index contributed by atoms with van der Waals surface area (Å²) in [4.78, 5) is 2.38. The number of nitrogens with zero attached hydrogens (tertiary/aromatic N) is 1. The van der Waals surface area contributed by atoms with E-state index >= 15 is 0 Å². The Morgan fingerprint density at radius 1 is 0.316 bits per heavy atom. The Morgan fingerprint density at radius 3 is 1.67 bits per heavy atom. The molecule has 2 heterocycles. The Morgan fingerprint density at radius 2 is 0.860 bits per heavy atom. The zero-order valence-electron chi connectivity index (χ0n) is 31.0. The average Bonchev–Trinajstić information content (AvgIpc) is 3.85. The van der Waals surface area contributed by atoms with Crippen molar-refractivity contribution in [2.45, 2.75) is 0 Å². The second kappa shape index (κ2) is 13.8. The zero-order chi connectivity index (χ0) is 37.7. The van der Waals surface area contributed by atoms with Gasteiger partial charge >= 0.3 is 0 Å². The summed E-state index contributed by atoms with van der Waals surface area (Å²) in [6.45, 7) is 0. The fourth-order valence-corrected chi connectivity index (χ4v) is 9.57. The fraction of sp³-hybridized carbons (Fsp3) is 0. The van der Waals surface area contributed by atoms with Crippen molar-refractivity contribution >= 4 is 70.5 Å². The van der Waals surface area contributed by atoms with E-state index < -0.39 is 0 Å². The van der Waals surface area contributed by atoms with Crippen molar-refractivity contribution in [1.82, 2.24) is 0 Å². The van der Waals surface area contributed by atoms with Crippen molar-refractivity contribution in [2.75, 3.05) is 4.90 Å². The third kappa shape index (κ3) is 5.80. The quantitative estimate of drug-likeness (QED) is 0.162. The van der Waals surface area contributed by atoms with Gasteiger partial charge in [-0.05, 0) is 87.5 Å². The third-order valence-electron chi connectivity index (χ3n) is 11.1. The van der Waals surface area contributed by atoms with Gasteiger partial charge in [0.15, 0.2) is 0 Å². The first-order chi connectivity index (χ1) is 28.3. The first-order valence-electron chi connectivity index (χ1n) is 19.3. The highest BCUT2D eigenvalue weighted by Crippen LogP contribution is 2.46. The van der Waals surface area contributed by atoms with E-state index in [0.29, 0.717) is 0 Å². The number of thiophene rings is 1. The number of hydrogen-bond donors (Lipinski definition) is 0. The molecule has 57 heavy (non-hydrogen) atoms. The second-order valence-corrected chi connectivity index (χ2v) is 15.5.